The van der Waals surface area contributed by atoms with Crippen molar-refractivity contribution in [3.05, 3.63) is 62.6 Å². The lowest BCUT2D eigenvalue weighted by Crippen LogP contribution is -2.23. The Labute approximate surface area is 217 Å². The number of hydrogen-bond donors (Lipinski definition) is 2. The first-order chi connectivity index (χ1) is 15.8. The molecule has 0 aromatic heterocycles. The van der Waals surface area contributed by atoms with Crippen LogP contribution in [0.5, 0.6) is 0 Å². The number of nitrogens with zero attached hydrogens (tertiary/aromatic N) is 1. The van der Waals surface area contributed by atoms with E-state index in [2.05, 4.69) is 10.4 Å². The minimum absolute atomic E-state index is 0.00920. The molecular weight excluding hydrogens is 561 g/mol. The summed E-state index contributed by atoms with van der Waals surface area (Å²) < 4.78 is 35.1. The maximum absolute atomic E-state index is 12.3. The van der Waals surface area contributed by atoms with E-state index in [-0.39, 0.29) is 17.1 Å². The summed E-state index contributed by atoms with van der Waals surface area (Å²) in [5.41, 5.74) is 1.68. The van der Waals surface area contributed by atoms with Crippen LogP contribution in [0.3, 0.4) is 0 Å². The maximum Gasteiger partial charge on any atom is 0.394 e. The lowest BCUT2D eigenvalue weighted by atomic mass is 10.00. The Morgan fingerprint density at radius 1 is 1.09 bits per heavy atom. The van der Waals surface area contributed by atoms with Crippen LogP contribution >= 0.6 is 58.0 Å². The normalized spacial score (nSPS) is 21.4. The van der Waals surface area contributed by atoms with Gasteiger partial charge in [0.25, 0.3) is 5.91 Å². The van der Waals surface area contributed by atoms with Crippen LogP contribution in [-0.4, -0.2) is 35.5 Å². The molecule has 13 heteroatoms. The lowest BCUT2D eigenvalue weighted by molar-refractivity contribution is -0.120. The summed E-state index contributed by atoms with van der Waals surface area (Å²) in [6.45, 7) is -0.00920. The summed E-state index contributed by atoms with van der Waals surface area (Å²) >= 11 is 31.1. The third-order valence-corrected chi connectivity index (χ3v) is 7.13. The molecule has 0 aliphatic heterocycles. The number of benzene rings is 2. The van der Waals surface area contributed by atoms with Gasteiger partial charge in [0.15, 0.2) is 0 Å². The Morgan fingerprint density at radius 3 is 2.32 bits per heavy atom. The Balaban J connectivity index is 1.74. The molecule has 182 valence electrons. The molecule has 1 saturated carbocycles. The maximum atomic E-state index is 12.3. The summed E-state index contributed by atoms with van der Waals surface area (Å²) in [5.74, 6) is -1.43. The lowest BCUT2D eigenvalue weighted by Gasteiger charge is -2.15. The molecule has 34 heavy (non-hydrogen) atoms. The molecule has 0 spiro atoms. The summed E-state index contributed by atoms with van der Waals surface area (Å²) in [6.07, 6.45) is -4.56. The molecule has 1 fully saturated rings. The molecule has 3 rings (SSSR count). The smallest absolute Gasteiger partial charge is 0.384 e. The highest BCUT2D eigenvalue weighted by molar-refractivity contribution is 6.54. The minimum Gasteiger partial charge on any atom is -0.384 e. The van der Waals surface area contributed by atoms with Gasteiger partial charge in [-0.3, -0.25) is 4.79 Å². The fraction of sp³-hybridized carbons (Fsp3) is 0.286. The van der Waals surface area contributed by atoms with Crippen LogP contribution in [-0.2, 0) is 4.79 Å². The molecule has 1 aliphatic rings. The number of aldehydes is 1. The molecule has 0 radical (unpaired) electrons. The number of halogens is 8. The average Bonchev–Trinajstić information content (AvgIpc) is 3.23. The molecule has 0 saturated heterocycles. The van der Waals surface area contributed by atoms with Crippen molar-refractivity contribution >= 4 is 82.1 Å². The van der Waals surface area contributed by atoms with Crippen molar-refractivity contribution in [1.29, 1.82) is 0 Å². The minimum atomic E-state index is -4.44. The van der Waals surface area contributed by atoms with Crippen molar-refractivity contribution in [1.82, 2.24) is 5.43 Å². The van der Waals surface area contributed by atoms with Crippen LogP contribution in [0.15, 0.2) is 41.5 Å². The highest BCUT2D eigenvalue weighted by Crippen LogP contribution is 2.73. The number of alkyl halides is 5. The Kier molecular flexibility index (Phi) is 7.99. The largest absolute Gasteiger partial charge is 0.394 e. The van der Waals surface area contributed by atoms with E-state index < -0.39 is 34.2 Å². The van der Waals surface area contributed by atoms with E-state index >= 15 is 0 Å². The molecule has 2 aromatic rings. The zero-order valence-electron chi connectivity index (χ0n) is 16.9. The van der Waals surface area contributed by atoms with E-state index in [1.54, 1.807) is 18.2 Å². The number of carbonyl (C=O) groups excluding carboxylic acids is 2. The molecular formula is C21H15Cl5F3N3O2. The number of carbonyl (C=O) groups is 2. The summed E-state index contributed by atoms with van der Waals surface area (Å²) in [7, 11) is 0. The summed E-state index contributed by atoms with van der Waals surface area (Å²) in [4.78, 5) is 24.3. The van der Waals surface area contributed by atoms with E-state index in [1.807, 2.05) is 5.43 Å². The predicted molar refractivity (Wildman–Crippen MR) is 129 cm³/mol. The van der Waals surface area contributed by atoms with Gasteiger partial charge in [0.1, 0.15) is 10.6 Å². The van der Waals surface area contributed by atoms with Crippen LogP contribution in [0.1, 0.15) is 28.3 Å². The molecule has 2 aromatic carbocycles. The first kappa shape index (κ1) is 26.9. The van der Waals surface area contributed by atoms with E-state index in [0.717, 1.165) is 0 Å². The molecule has 1 aliphatic carbocycles. The average molecular weight is 576 g/mol. The molecule has 0 bridgehead atoms. The van der Waals surface area contributed by atoms with E-state index in [1.165, 1.54) is 18.2 Å². The van der Waals surface area contributed by atoms with Crippen LogP contribution < -0.4 is 10.7 Å². The predicted octanol–water partition coefficient (Wildman–Crippen LogP) is 6.88. The van der Waals surface area contributed by atoms with Gasteiger partial charge in [-0.15, -0.1) is 0 Å². The van der Waals surface area contributed by atoms with Crippen molar-refractivity contribution in [2.24, 2.45) is 10.5 Å². The Hall–Kier alpha value is -1.71. The third kappa shape index (κ3) is 5.74. The van der Waals surface area contributed by atoms with Crippen molar-refractivity contribution in [2.45, 2.75) is 22.8 Å². The van der Waals surface area contributed by atoms with E-state index in [9.17, 15) is 22.8 Å². The van der Waals surface area contributed by atoms with Crippen molar-refractivity contribution in [2.75, 3.05) is 11.9 Å². The standard InChI is InChI=1S/C21H15Cl5F3N3O2/c22-12-5-11(6-13(23)7-12)17-19(10-33,21(17,25)26)9-30-14-1-2-16(24)15(8-14)18(34)32-31-4-3-20(27,28)29/h1-2,4-8,10,17,30H,3,9H2,(H,32,34)/b31-4+. The van der Waals surface area contributed by atoms with Crippen LogP contribution in [0.2, 0.25) is 15.1 Å². The molecule has 2 atom stereocenters. The monoisotopic (exact) mass is 573 g/mol. The second kappa shape index (κ2) is 10.1. The Morgan fingerprint density at radius 2 is 1.74 bits per heavy atom. The number of hydrogen-bond acceptors (Lipinski definition) is 4. The van der Waals surface area contributed by atoms with Gasteiger partial charge in [0, 0.05) is 34.4 Å². The number of amides is 1. The van der Waals surface area contributed by atoms with Gasteiger partial charge in [-0.05, 0) is 42.0 Å². The van der Waals surface area contributed by atoms with Crippen molar-refractivity contribution < 1.29 is 22.8 Å². The highest BCUT2D eigenvalue weighted by atomic mass is 35.5. The van der Waals surface area contributed by atoms with E-state index in [4.69, 9.17) is 58.0 Å². The Bertz CT molecular complexity index is 1120. The molecule has 0 heterocycles. The van der Waals surface area contributed by atoms with Crippen LogP contribution in [0, 0.1) is 5.41 Å². The van der Waals surface area contributed by atoms with Gasteiger partial charge in [0.05, 0.1) is 22.4 Å². The topological polar surface area (TPSA) is 70.6 Å². The van der Waals surface area contributed by atoms with Gasteiger partial charge >= 0.3 is 6.18 Å². The molecule has 1 amide bonds. The number of rotatable bonds is 8. The van der Waals surface area contributed by atoms with Gasteiger partial charge in [0.2, 0.25) is 0 Å². The molecule has 5 nitrogen and oxygen atoms in total. The van der Waals surface area contributed by atoms with Gasteiger partial charge in [-0.1, -0.05) is 58.0 Å². The van der Waals surface area contributed by atoms with Crippen LogP contribution in [0.25, 0.3) is 0 Å². The van der Waals surface area contributed by atoms with Crippen molar-refractivity contribution in [3.8, 4) is 0 Å². The number of anilines is 1. The van der Waals surface area contributed by atoms with E-state index in [0.29, 0.717) is 33.8 Å². The first-order valence-corrected chi connectivity index (χ1v) is 11.4. The van der Waals surface area contributed by atoms with Gasteiger partial charge < -0.3 is 10.1 Å². The quantitative estimate of drug-likeness (QED) is 0.156. The third-order valence-electron chi connectivity index (χ3n) is 5.22. The fourth-order valence-electron chi connectivity index (χ4n) is 3.50. The zero-order valence-corrected chi connectivity index (χ0v) is 20.7. The second-order valence-electron chi connectivity index (χ2n) is 7.54. The van der Waals surface area contributed by atoms with Gasteiger partial charge in [-0.2, -0.15) is 18.3 Å². The van der Waals surface area contributed by atoms with Gasteiger partial charge in [-0.25, -0.2) is 5.43 Å². The summed E-state index contributed by atoms with van der Waals surface area (Å²) in [6, 6.07) is 9.07. The van der Waals surface area contributed by atoms with Crippen LogP contribution in [0.4, 0.5) is 18.9 Å². The second-order valence-corrected chi connectivity index (χ2v) is 10.2. The summed E-state index contributed by atoms with van der Waals surface area (Å²) in [5, 5.41) is 7.02. The SMILES string of the molecule is O=CC1(CNc2ccc(Cl)c(C(=O)N/N=C/CC(F)(F)F)c2)C(c2cc(Cl)cc(Cl)c2)C1(Cl)Cl. The number of hydrazone groups is 1. The fourth-order valence-corrected chi connectivity index (χ4v) is 5.22. The highest BCUT2D eigenvalue weighted by Gasteiger charge is 2.76. The zero-order chi connectivity index (χ0) is 25.3. The molecule has 2 N–H and O–H groups in total. The number of nitrogens with one attached hydrogen (secondary N) is 2. The first-order valence-electron chi connectivity index (χ1n) is 9.53. The molecule has 2 unspecified atom stereocenters. The van der Waals surface area contributed by atoms with Crippen molar-refractivity contribution in [3.63, 3.8) is 0 Å².